The largest absolute Gasteiger partial charge is 0.370 e. The monoisotopic (exact) mass is 233 g/mol. The molecule has 0 atom stereocenters. The third kappa shape index (κ3) is 6.35. The Bertz CT molecular complexity index is 363. The van der Waals surface area contributed by atoms with E-state index in [1.54, 1.807) is 6.42 Å². The molecule has 1 aromatic carbocycles. The van der Waals surface area contributed by atoms with Gasteiger partial charge >= 0.3 is 0 Å². The minimum atomic E-state index is -0.299. The minimum absolute atomic E-state index is 0.115. The first kappa shape index (κ1) is 13.2. The molecule has 1 radical (unpaired) electrons. The summed E-state index contributed by atoms with van der Waals surface area (Å²) >= 11 is 0. The molecule has 0 bridgehead atoms. The van der Waals surface area contributed by atoms with Gasteiger partial charge in [-0.1, -0.05) is 30.3 Å². The molecule has 0 heterocycles. The first-order chi connectivity index (χ1) is 8.18. The molecule has 4 nitrogen and oxygen atoms in total. The molecule has 0 unspecified atom stereocenters. The van der Waals surface area contributed by atoms with Crippen LogP contribution in [0.15, 0.2) is 30.3 Å². The molecule has 2 amide bonds. The highest BCUT2D eigenvalue weighted by atomic mass is 16.1. The van der Waals surface area contributed by atoms with Gasteiger partial charge in [-0.3, -0.25) is 9.59 Å². The number of nitrogens with one attached hydrogen (secondary N) is 1. The van der Waals surface area contributed by atoms with Gasteiger partial charge in [0, 0.05) is 13.0 Å². The maximum atomic E-state index is 11.5. The summed E-state index contributed by atoms with van der Waals surface area (Å²) in [5.74, 6) is -0.414. The van der Waals surface area contributed by atoms with Gasteiger partial charge in [0.1, 0.15) is 0 Å². The van der Waals surface area contributed by atoms with Crippen LogP contribution in [-0.4, -0.2) is 18.4 Å². The third-order valence-corrected chi connectivity index (χ3v) is 2.25. The second-order valence-electron chi connectivity index (χ2n) is 3.77. The first-order valence-electron chi connectivity index (χ1n) is 5.64. The molecule has 0 saturated heterocycles. The minimum Gasteiger partial charge on any atom is -0.370 e. The lowest BCUT2D eigenvalue weighted by molar-refractivity contribution is -0.118. The lowest BCUT2D eigenvalue weighted by Crippen LogP contribution is -2.25. The highest BCUT2D eigenvalue weighted by Gasteiger charge is 2.02. The van der Waals surface area contributed by atoms with Crippen LogP contribution in [0.25, 0.3) is 0 Å². The van der Waals surface area contributed by atoms with Crippen LogP contribution in [0, 0.1) is 6.42 Å². The van der Waals surface area contributed by atoms with E-state index in [0.717, 1.165) is 12.0 Å². The Kier molecular flexibility index (Phi) is 5.79. The maximum absolute atomic E-state index is 11.5. The van der Waals surface area contributed by atoms with Crippen LogP contribution >= 0.6 is 0 Å². The molecule has 1 aromatic rings. The molecule has 0 fully saturated rings. The van der Waals surface area contributed by atoms with Crippen LogP contribution < -0.4 is 11.1 Å². The highest BCUT2D eigenvalue weighted by molar-refractivity contribution is 5.88. The third-order valence-electron chi connectivity index (χ3n) is 2.25. The molecule has 0 spiro atoms. The van der Waals surface area contributed by atoms with Crippen molar-refractivity contribution in [3.8, 4) is 0 Å². The number of hydrogen-bond acceptors (Lipinski definition) is 2. The molecule has 1 rings (SSSR count). The van der Waals surface area contributed by atoms with Gasteiger partial charge in [-0.2, -0.15) is 0 Å². The summed E-state index contributed by atoms with van der Waals surface area (Å²) in [6.07, 6.45) is 3.39. The van der Waals surface area contributed by atoms with Gasteiger partial charge < -0.3 is 11.1 Å². The Labute approximate surface area is 101 Å². The Morgan fingerprint density at radius 1 is 1.18 bits per heavy atom. The van der Waals surface area contributed by atoms with Crippen molar-refractivity contribution in [2.75, 3.05) is 6.54 Å². The van der Waals surface area contributed by atoms with E-state index in [2.05, 4.69) is 5.32 Å². The van der Waals surface area contributed by atoms with Crippen molar-refractivity contribution >= 4 is 11.8 Å². The SMILES string of the molecule is NC(=O)CCCCNC(=O)[CH]c1ccccc1. The van der Waals surface area contributed by atoms with Gasteiger partial charge in [-0.05, 0) is 18.4 Å². The lowest BCUT2D eigenvalue weighted by Gasteiger charge is -2.04. The smallest absolute Gasteiger partial charge is 0.228 e. The summed E-state index contributed by atoms with van der Waals surface area (Å²) < 4.78 is 0. The highest BCUT2D eigenvalue weighted by Crippen LogP contribution is 2.01. The van der Waals surface area contributed by atoms with Gasteiger partial charge in [-0.15, -0.1) is 0 Å². The number of unbranched alkanes of at least 4 members (excludes halogenated alkanes) is 1. The van der Waals surface area contributed by atoms with Gasteiger partial charge in [0.05, 0.1) is 6.42 Å². The fraction of sp³-hybridized carbons (Fsp3) is 0.308. The first-order valence-corrected chi connectivity index (χ1v) is 5.64. The van der Waals surface area contributed by atoms with E-state index in [1.165, 1.54) is 0 Å². The van der Waals surface area contributed by atoms with E-state index < -0.39 is 0 Å². The molecule has 0 saturated carbocycles. The Hall–Kier alpha value is -1.84. The number of amides is 2. The summed E-state index contributed by atoms with van der Waals surface area (Å²) in [6.45, 7) is 0.565. The fourth-order valence-electron chi connectivity index (χ4n) is 1.39. The molecule has 0 aliphatic carbocycles. The number of hydrogen-bond donors (Lipinski definition) is 2. The summed E-state index contributed by atoms with van der Waals surface area (Å²) in [5.41, 5.74) is 5.88. The molecule has 3 N–H and O–H groups in total. The molecular weight excluding hydrogens is 216 g/mol. The molecule has 91 valence electrons. The van der Waals surface area contributed by atoms with E-state index >= 15 is 0 Å². The second kappa shape index (κ2) is 7.44. The van der Waals surface area contributed by atoms with Crippen LogP contribution in [0.3, 0.4) is 0 Å². The predicted octanol–water partition coefficient (Wildman–Crippen LogP) is 1.01. The standard InChI is InChI=1S/C13H17N2O2/c14-12(16)8-4-5-9-15-13(17)10-11-6-2-1-3-7-11/h1-3,6-7,10H,4-5,8-9H2,(H2,14,16)(H,15,17). The number of rotatable bonds is 7. The Morgan fingerprint density at radius 2 is 1.88 bits per heavy atom. The normalized spacial score (nSPS) is 9.88. The fourth-order valence-corrected chi connectivity index (χ4v) is 1.39. The average Bonchev–Trinajstić information content (AvgIpc) is 2.29. The van der Waals surface area contributed by atoms with E-state index in [1.807, 2.05) is 30.3 Å². The zero-order valence-corrected chi connectivity index (χ0v) is 9.69. The average molecular weight is 233 g/mol. The van der Waals surface area contributed by atoms with Crippen molar-refractivity contribution in [3.63, 3.8) is 0 Å². The topological polar surface area (TPSA) is 72.2 Å². The zero-order valence-electron chi connectivity index (χ0n) is 9.69. The van der Waals surface area contributed by atoms with Crippen molar-refractivity contribution in [1.29, 1.82) is 0 Å². The van der Waals surface area contributed by atoms with E-state index in [9.17, 15) is 9.59 Å². The van der Waals surface area contributed by atoms with Crippen LogP contribution in [0.2, 0.25) is 0 Å². The quantitative estimate of drug-likeness (QED) is 0.690. The summed E-state index contributed by atoms with van der Waals surface area (Å²) in [7, 11) is 0. The van der Waals surface area contributed by atoms with Crippen LogP contribution in [-0.2, 0) is 9.59 Å². The van der Waals surface area contributed by atoms with Crippen LogP contribution in [0.5, 0.6) is 0 Å². The van der Waals surface area contributed by atoms with Gasteiger partial charge in [-0.25, -0.2) is 0 Å². The lowest BCUT2D eigenvalue weighted by atomic mass is 10.1. The Balaban J connectivity index is 2.12. The summed E-state index contributed by atoms with van der Waals surface area (Å²) in [6, 6.07) is 9.40. The van der Waals surface area contributed by atoms with Gasteiger partial charge in [0.25, 0.3) is 0 Å². The van der Waals surface area contributed by atoms with E-state index in [0.29, 0.717) is 19.4 Å². The zero-order chi connectivity index (χ0) is 12.5. The van der Waals surface area contributed by atoms with Crippen molar-refractivity contribution in [2.45, 2.75) is 19.3 Å². The molecule has 0 aliphatic heterocycles. The van der Waals surface area contributed by atoms with Crippen molar-refractivity contribution in [2.24, 2.45) is 5.73 Å². The Morgan fingerprint density at radius 3 is 2.53 bits per heavy atom. The maximum Gasteiger partial charge on any atom is 0.228 e. The molecular formula is C13H17N2O2. The van der Waals surface area contributed by atoms with Crippen LogP contribution in [0.1, 0.15) is 24.8 Å². The number of benzene rings is 1. The van der Waals surface area contributed by atoms with Crippen molar-refractivity contribution in [1.82, 2.24) is 5.32 Å². The van der Waals surface area contributed by atoms with Gasteiger partial charge in [0.2, 0.25) is 11.8 Å². The van der Waals surface area contributed by atoms with E-state index in [-0.39, 0.29) is 11.8 Å². The molecule has 17 heavy (non-hydrogen) atoms. The number of carbonyl (C=O) groups is 2. The molecule has 0 aromatic heterocycles. The summed E-state index contributed by atoms with van der Waals surface area (Å²) in [5, 5.41) is 2.76. The number of nitrogens with two attached hydrogens (primary N) is 1. The van der Waals surface area contributed by atoms with Crippen molar-refractivity contribution in [3.05, 3.63) is 42.3 Å². The second-order valence-corrected chi connectivity index (χ2v) is 3.77. The summed E-state index contributed by atoms with van der Waals surface area (Å²) in [4.78, 5) is 21.9. The number of primary amides is 1. The number of carbonyl (C=O) groups excluding carboxylic acids is 2. The predicted molar refractivity (Wildman–Crippen MR) is 65.9 cm³/mol. The molecule has 0 aliphatic rings. The van der Waals surface area contributed by atoms with Gasteiger partial charge in [0.15, 0.2) is 0 Å². The van der Waals surface area contributed by atoms with Crippen molar-refractivity contribution < 1.29 is 9.59 Å². The molecule has 4 heteroatoms. The van der Waals surface area contributed by atoms with Crippen LogP contribution in [0.4, 0.5) is 0 Å². The van der Waals surface area contributed by atoms with E-state index in [4.69, 9.17) is 5.73 Å².